The molecule has 6 rings (SSSR count). The van der Waals surface area contributed by atoms with E-state index < -0.39 is 0 Å². The highest BCUT2D eigenvalue weighted by Gasteiger charge is 2.19. The van der Waals surface area contributed by atoms with Gasteiger partial charge in [-0.3, -0.25) is 0 Å². The number of benzene rings is 4. The van der Waals surface area contributed by atoms with Crippen LogP contribution in [-0.2, 0) is 12.8 Å². The van der Waals surface area contributed by atoms with Gasteiger partial charge in [0.2, 0.25) is 0 Å². The van der Waals surface area contributed by atoms with Crippen molar-refractivity contribution in [2.45, 2.75) is 25.7 Å². The fourth-order valence-corrected chi connectivity index (χ4v) is 5.37. The largest absolute Gasteiger partial charge is 0.345 e. The lowest BCUT2D eigenvalue weighted by Crippen LogP contribution is -2.09. The van der Waals surface area contributed by atoms with E-state index in [4.69, 9.17) is 0 Å². The van der Waals surface area contributed by atoms with E-state index in [1.807, 2.05) is 0 Å². The minimum absolute atomic E-state index is 1.15. The Balaban J connectivity index is 1.30. The lowest BCUT2D eigenvalue weighted by atomic mass is 9.81. The van der Waals surface area contributed by atoms with E-state index >= 15 is 0 Å². The van der Waals surface area contributed by atoms with Gasteiger partial charge >= 0.3 is 0 Å². The maximum atomic E-state index is 2.40. The summed E-state index contributed by atoms with van der Waals surface area (Å²) in [6.07, 6.45) is 14.0. The molecular formula is C33H29N. The highest BCUT2D eigenvalue weighted by Crippen LogP contribution is 2.38. The second-order valence-corrected chi connectivity index (χ2v) is 9.29. The van der Waals surface area contributed by atoms with Crippen LogP contribution in [0.3, 0.4) is 0 Å². The van der Waals surface area contributed by atoms with Crippen LogP contribution in [0.2, 0.25) is 0 Å². The van der Waals surface area contributed by atoms with Crippen LogP contribution in [0.5, 0.6) is 0 Å². The Morgan fingerprint density at radius 2 is 1.18 bits per heavy atom. The molecule has 4 aromatic carbocycles. The van der Waals surface area contributed by atoms with Crippen molar-refractivity contribution in [3.05, 3.63) is 119 Å². The first-order valence-corrected chi connectivity index (χ1v) is 12.3. The van der Waals surface area contributed by atoms with Gasteiger partial charge in [0.05, 0.1) is 0 Å². The van der Waals surface area contributed by atoms with Gasteiger partial charge in [-0.2, -0.15) is 0 Å². The summed E-state index contributed by atoms with van der Waals surface area (Å²) in [7, 11) is 2.14. The number of rotatable bonds is 4. The van der Waals surface area contributed by atoms with Crippen LogP contribution in [0.15, 0.2) is 97.1 Å². The van der Waals surface area contributed by atoms with Crippen LogP contribution in [-0.4, -0.2) is 7.05 Å². The molecule has 0 unspecified atom stereocenters. The Hall–Kier alpha value is -3.84. The Bertz CT molecular complexity index is 1370. The molecule has 0 N–H and O–H groups in total. The average Bonchev–Trinajstić information content (AvgIpc) is 2.93. The molecule has 1 heteroatoms. The minimum atomic E-state index is 1.15. The summed E-state index contributed by atoms with van der Waals surface area (Å²) in [4.78, 5) is 2.25. The van der Waals surface area contributed by atoms with Gasteiger partial charge in [-0.05, 0) is 101 Å². The highest BCUT2D eigenvalue weighted by molar-refractivity contribution is 5.83. The van der Waals surface area contributed by atoms with Gasteiger partial charge in [0.15, 0.2) is 0 Å². The Kier molecular flexibility index (Phi) is 5.39. The van der Waals surface area contributed by atoms with Crippen LogP contribution in [0.4, 0.5) is 11.4 Å². The number of hydrogen-bond donors (Lipinski definition) is 0. The zero-order valence-corrected chi connectivity index (χ0v) is 19.7. The van der Waals surface area contributed by atoms with E-state index in [-0.39, 0.29) is 0 Å². The van der Waals surface area contributed by atoms with Crippen LogP contribution in [0.1, 0.15) is 35.1 Å². The molecule has 0 amide bonds. The Morgan fingerprint density at radius 1 is 0.588 bits per heavy atom. The quantitative estimate of drug-likeness (QED) is 0.307. The molecule has 2 aliphatic carbocycles. The average molecular weight is 440 g/mol. The van der Waals surface area contributed by atoms with Gasteiger partial charge in [-0.1, -0.05) is 78.9 Å². The first-order chi connectivity index (χ1) is 16.8. The molecule has 0 spiro atoms. The predicted octanol–water partition coefficient (Wildman–Crippen LogP) is 8.71. The number of anilines is 2. The molecule has 0 saturated carbocycles. The molecule has 1 nitrogen and oxygen atoms in total. The summed E-state index contributed by atoms with van der Waals surface area (Å²) in [5, 5.41) is 0. The molecule has 0 atom stereocenters. The molecule has 0 aromatic heterocycles. The van der Waals surface area contributed by atoms with E-state index in [0.717, 1.165) is 19.3 Å². The predicted molar refractivity (Wildman–Crippen MR) is 147 cm³/mol. The normalized spacial score (nSPS) is 13.9. The van der Waals surface area contributed by atoms with Crippen molar-refractivity contribution in [3.63, 3.8) is 0 Å². The Labute approximate surface area is 202 Å². The lowest BCUT2D eigenvalue weighted by molar-refractivity contribution is 0.906. The lowest BCUT2D eigenvalue weighted by Gasteiger charge is -2.24. The third-order valence-corrected chi connectivity index (χ3v) is 7.26. The number of allylic oxidation sites excluding steroid dienone is 2. The number of fused-ring (bicyclic) bond motifs is 3. The van der Waals surface area contributed by atoms with Crippen molar-refractivity contribution in [2.24, 2.45) is 0 Å². The van der Waals surface area contributed by atoms with Crippen LogP contribution >= 0.6 is 0 Å². The molecule has 0 aliphatic heterocycles. The SMILES string of the molecule is CN(c1ccc(-c2ccccc2)cc1)c1ccc(-c2cc3c(c4c2C=CCC4)CCC=C3)cc1. The van der Waals surface area contributed by atoms with Crippen LogP contribution in [0, 0.1) is 0 Å². The summed E-state index contributed by atoms with van der Waals surface area (Å²) in [5.41, 5.74) is 13.5. The first-order valence-electron chi connectivity index (χ1n) is 12.3. The minimum Gasteiger partial charge on any atom is -0.345 e. The summed E-state index contributed by atoms with van der Waals surface area (Å²) >= 11 is 0. The van der Waals surface area contributed by atoms with Gasteiger partial charge in [0.1, 0.15) is 0 Å². The molecule has 0 fully saturated rings. The van der Waals surface area contributed by atoms with Crippen molar-refractivity contribution >= 4 is 23.5 Å². The van der Waals surface area contributed by atoms with Gasteiger partial charge in [0, 0.05) is 18.4 Å². The van der Waals surface area contributed by atoms with Crippen molar-refractivity contribution in [1.82, 2.24) is 0 Å². The van der Waals surface area contributed by atoms with Crippen LogP contribution in [0.25, 0.3) is 34.4 Å². The summed E-state index contributed by atoms with van der Waals surface area (Å²) in [6.45, 7) is 0. The topological polar surface area (TPSA) is 3.24 Å². The van der Waals surface area contributed by atoms with Crippen molar-refractivity contribution in [1.29, 1.82) is 0 Å². The molecular weight excluding hydrogens is 410 g/mol. The molecule has 2 aliphatic rings. The maximum absolute atomic E-state index is 2.40. The monoisotopic (exact) mass is 439 g/mol. The van der Waals surface area contributed by atoms with Gasteiger partial charge in [-0.25, -0.2) is 0 Å². The molecule has 0 radical (unpaired) electrons. The van der Waals surface area contributed by atoms with Gasteiger partial charge in [0.25, 0.3) is 0 Å². The molecule has 0 bridgehead atoms. The fraction of sp³-hybridized carbons (Fsp3) is 0.152. The highest BCUT2D eigenvalue weighted by atomic mass is 15.1. The smallest absolute Gasteiger partial charge is 0.0408 e. The van der Waals surface area contributed by atoms with Crippen molar-refractivity contribution < 1.29 is 0 Å². The molecule has 4 aromatic rings. The maximum Gasteiger partial charge on any atom is 0.0408 e. The molecule has 34 heavy (non-hydrogen) atoms. The van der Waals surface area contributed by atoms with Crippen molar-refractivity contribution in [2.75, 3.05) is 11.9 Å². The number of hydrogen-bond acceptors (Lipinski definition) is 1. The second-order valence-electron chi connectivity index (χ2n) is 9.29. The first kappa shape index (κ1) is 20.7. The zero-order valence-electron chi connectivity index (χ0n) is 19.7. The Morgan fingerprint density at radius 3 is 1.88 bits per heavy atom. The van der Waals surface area contributed by atoms with E-state index in [2.05, 4.69) is 121 Å². The van der Waals surface area contributed by atoms with E-state index in [1.54, 1.807) is 11.1 Å². The van der Waals surface area contributed by atoms with Crippen molar-refractivity contribution in [3.8, 4) is 22.3 Å². The third kappa shape index (κ3) is 3.78. The van der Waals surface area contributed by atoms with Crippen LogP contribution < -0.4 is 4.90 Å². The number of nitrogens with zero attached hydrogens (tertiary/aromatic N) is 1. The fourth-order valence-electron chi connectivity index (χ4n) is 5.37. The van der Waals surface area contributed by atoms with Gasteiger partial charge in [-0.15, -0.1) is 0 Å². The standard InChI is InChI=1S/C33H29N/c1-34(28-19-15-25(16-20-28)24-9-3-2-4-10-24)29-21-17-26(18-22-29)33-23-27-11-5-6-12-30(27)31-13-7-8-14-32(31)33/h2-5,8-11,14-23H,6-7,12-13H2,1H3. The molecule has 166 valence electrons. The summed E-state index contributed by atoms with van der Waals surface area (Å²) < 4.78 is 0. The second kappa shape index (κ2) is 8.83. The van der Waals surface area contributed by atoms with E-state index in [9.17, 15) is 0 Å². The zero-order chi connectivity index (χ0) is 22.9. The molecule has 0 saturated heterocycles. The van der Waals surface area contributed by atoms with E-state index in [1.165, 1.54) is 51.2 Å². The van der Waals surface area contributed by atoms with E-state index in [0.29, 0.717) is 0 Å². The summed E-state index contributed by atoms with van der Waals surface area (Å²) in [5.74, 6) is 0. The van der Waals surface area contributed by atoms with Gasteiger partial charge < -0.3 is 4.90 Å². The molecule has 0 heterocycles. The third-order valence-electron chi connectivity index (χ3n) is 7.26. The summed E-state index contributed by atoms with van der Waals surface area (Å²) in [6, 6.07) is 30.8.